The number of fused-ring (bicyclic) bond motifs is 1. The lowest BCUT2D eigenvalue weighted by Gasteiger charge is -2.34. The Bertz CT molecular complexity index is 1050. The first-order chi connectivity index (χ1) is 14.2. The van der Waals surface area contributed by atoms with Crippen LogP contribution in [0.25, 0.3) is 0 Å². The first kappa shape index (κ1) is 22.7. The monoisotopic (exact) mass is 476 g/mol. The fourth-order valence-electron chi connectivity index (χ4n) is 2.93. The number of halogens is 1. The van der Waals surface area contributed by atoms with E-state index in [4.69, 9.17) is 25.6 Å². The van der Waals surface area contributed by atoms with Crippen LogP contribution in [0, 0.1) is 0 Å². The van der Waals surface area contributed by atoms with Crippen molar-refractivity contribution in [2.24, 2.45) is 0 Å². The van der Waals surface area contributed by atoms with Gasteiger partial charge in [-0.25, -0.2) is 18.1 Å². The summed E-state index contributed by atoms with van der Waals surface area (Å²) in [5, 5.41) is 0.112. The van der Waals surface area contributed by atoms with Gasteiger partial charge in [0.2, 0.25) is 0 Å². The molecule has 3 rings (SSSR count). The number of hydrogen-bond donors (Lipinski definition) is 4. The van der Waals surface area contributed by atoms with E-state index in [-0.39, 0.29) is 15.6 Å². The van der Waals surface area contributed by atoms with Gasteiger partial charge < -0.3 is 9.47 Å². The molecule has 1 heterocycles. The summed E-state index contributed by atoms with van der Waals surface area (Å²) in [5.74, 6) is 1.33. The molecule has 0 saturated carbocycles. The molecule has 30 heavy (non-hydrogen) atoms. The molecule has 13 heteroatoms. The molecule has 2 unspecified atom stereocenters. The van der Waals surface area contributed by atoms with Crippen molar-refractivity contribution in [1.82, 2.24) is 15.2 Å². The Morgan fingerprint density at radius 2 is 2.03 bits per heavy atom. The van der Waals surface area contributed by atoms with E-state index in [2.05, 4.69) is 15.0 Å². The minimum atomic E-state index is -3.87. The Morgan fingerprint density at radius 3 is 2.73 bits per heavy atom. The number of hydrogen-bond acceptors (Lipinski definition) is 7. The van der Waals surface area contributed by atoms with E-state index in [1.807, 2.05) is 23.1 Å². The average Bonchev–Trinajstić information content (AvgIpc) is 2.69. The van der Waals surface area contributed by atoms with Gasteiger partial charge in [0, 0.05) is 18.2 Å². The fourth-order valence-corrected chi connectivity index (χ4v) is 4.69. The van der Waals surface area contributed by atoms with Gasteiger partial charge in [0.25, 0.3) is 21.3 Å². The highest BCUT2D eigenvalue weighted by atomic mass is 35.5. The lowest BCUT2D eigenvalue weighted by molar-refractivity contribution is 0.158. The summed E-state index contributed by atoms with van der Waals surface area (Å²) >= 11 is 3.78. The summed E-state index contributed by atoms with van der Waals surface area (Å²) in [7, 11) is -0.503. The number of ether oxygens (including phenoxy) is 2. The molecular weight excluding hydrogens is 456 g/mol. The molecule has 1 aliphatic heterocycles. The molecule has 0 aliphatic carbocycles. The first-order valence-corrected chi connectivity index (χ1v) is 11.6. The lowest BCUT2D eigenvalue weighted by atomic mass is 10.1. The Hall–Kier alpha value is -1.93. The van der Waals surface area contributed by atoms with Crippen molar-refractivity contribution >= 4 is 38.6 Å². The SMILES string of the molecule is COc1cccc(OCCN(C)C2NNS(=O)(=O)c3cc(NS(=O)O)c(Cl)cc32)c1. The van der Waals surface area contributed by atoms with E-state index in [0.717, 1.165) is 0 Å². The van der Waals surface area contributed by atoms with Crippen LogP contribution in [0.3, 0.4) is 0 Å². The van der Waals surface area contributed by atoms with Crippen LogP contribution in [-0.2, 0) is 21.3 Å². The third-order valence-corrected chi connectivity index (χ3v) is 6.43. The predicted octanol–water partition coefficient (Wildman–Crippen LogP) is 1.70. The summed E-state index contributed by atoms with van der Waals surface area (Å²) in [6, 6.07) is 9.88. The zero-order chi connectivity index (χ0) is 21.9. The summed E-state index contributed by atoms with van der Waals surface area (Å²) in [5.41, 5.74) is 3.18. The lowest BCUT2D eigenvalue weighted by Crippen LogP contribution is -2.51. The molecule has 4 N–H and O–H groups in total. The van der Waals surface area contributed by atoms with E-state index < -0.39 is 27.5 Å². The van der Waals surface area contributed by atoms with Crippen LogP contribution in [0.15, 0.2) is 41.3 Å². The Labute approximate surface area is 181 Å². The van der Waals surface area contributed by atoms with E-state index in [0.29, 0.717) is 30.2 Å². The molecule has 1 aliphatic rings. The number of methoxy groups -OCH3 is 1. The smallest absolute Gasteiger partial charge is 0.259 e. The van der Waals surface area contributed by atoms with Crippen molar-refractivity contribution in [3.8, 4) is 11.5 Å². The molecule has 0 fully saturated rings. The zero-order valence-electron chi connectivity index (χ0n) is 16.1. The summed E-state index contributed by atoms with van der Waals surface area (Å²) in [6.45, 7) is 0.787. The normalized spacial score (nSPS) is 18.5. The molecule has 0 bridgehead atoms. The third-order valence-electron chi connectivity index (χ3n) is 4.41. The summed E-state index contributed by atoms with van der Waals surface area (Å²) in [4.78, 5) is 4.07. The van der Waals surface area contributed by atoms with Gasteiger partial charge in [-0.15, -0.1) is 4.83 Å². The van der Waals surface area contributed by atoms with Crippen LogP contribution in [0.2, 0.25) is 5.02 Å². The Balaban J connectivity index is 1.76. The molecule has 10 nitrogen and oxygen atoms in total. The van der Waals surface area contributed by atoms with E-state index >= 15 is 0 Å². The number of likely N-dealkylation sites (N-methyl/N-ethyl adjacent to an activating group) is 1. The maximum atomic E-state index is 12.4. The van der Waals surface area contributed by atoms with Gasteiger partial charge in [0.05, 0.1) is 22.7 Å². The van der Waals surface area contributed by atoms with Crippen LogP contribution in [-0.4, -0.2) is 49.4 Å². The minimum absolute atomic E-state index is 0.0336. The fraction of sp³-hybridized carbons (Fsp3) is 0.294. The number of anilines is 1. The summed E-state index contributed by atoms with van der Waals surface area (Å²) < 4.78 is 58.0. The standard InChI is InChI=1S/C17H21ClN4O6S2/c1-22(6-7-28-12-5-3-4-11(8-12)27-2)17-13-9-14(18)15(20-29(23)24)10-16(13)30(25,26)21-19-17/h3-5,8-10,17,19-21H,6-7H2,1-2H3,(H,23,24). The number of hydrazine groups is 1. The topological polar surface area (TPSA) is 129 Å². The van der Waals surface area contributed by atoms with Gasteiger partial charge in [0.1, 0.15) is 24.3 Å². The molecule has 0 aromatic heterocycles. The quantitative estimate of drug-likeness (QED) is 0.424. The van der Waals surface area contributed by atoms with E-state index in [1.165, 1.54) is 12.1 Å². The molecule has 164 valence electrons. The van der Waals surface area contributed by atoms with Crippen LogP contribution >= 0.6 is 11.6 Å². The summed E-state index contributed by atoms with van der Waals surface area (Å²) in [6.07, 6.45) is -0.538. The van der Waals surface area contributed by atoms with Crippen LogP contribution in [0.1, 0.15) is 11.7 Å². The van der Waals surface area contributed by atoms with Crippen LogP contribution in [0.5, 0.6) is 11.5 Å². The van der Waals surface area contributed by atoms with Crippen molar-refractivity contribution in [2.75, 3.05) is 32.0 Å². The van der Waals surface area contributed by atoms with Crippen molar-refractivity contribution in [3.05, 3.63) is 47.0 Å². The Morgan fingerprint density at radius 1 is 1.30 bits per heavy atom. The highest BCUT2D eigenvalue weighted by Crippen LogP contribution is 2.35. The van der Waals surface area contributed by atoms with Gasteiger partial charge in [-0.05, 0) is 31.3 Å². The van der Waals surface area contributed by atoms with Crippen molar-refractivity contribution in [1.29, 1.82) is 0 Å². The Kier molecular flexibility index (Phi) is 7.18. The van der Waals surface area contributed by atoms with Crippen molar-refractivity contribution in [3.63, 3.8) is 0 Å². The second-order valence-corrected chi connectivity index (χ2v) is 9.14. The second kappa shape index (κ2) is 9.47. The molecule has 0 saturated heterocycles. The van der Waals surface area contributed by atoms with E-state index in [9.17, 15) is 12.6 Å². The molecule has 2 aromatic rings. The zero-order valence-corrected chi connectivity index (χ0v) is 18.5. The average molecular weight is 477 g/mol. The molecule has 2 aromatic carbocycles. The molecule has 0 radical (unpaired) electrons. The van der Waals surface area contributed by atoms with Crippen molar-refractivity contribution < 1.29 is 26.7 Å². The van der Waals surface area contributed by atoms with Gasteiger partial charge in [-0.1, -0.05) is 17.7 Å². The van der Waals surface area contributed by atoms with Crippen LogP contribution in [0.4, 0.5) is 5.69 Å². The largest absolute Gasteiger partial charge is 0.497 e. The van der Waals surface area contributed by atoms with Crippen molar-refractivity contribution in [2.45, 2.75) is 11.1 Å². The van der Waals surface area contributed by atoms with Gasteiger partial charge in [-0.3, -0.25) is 14.2 Å². The van der Waals surface area contributed by atoms with Gasteiger partial charge in [0.15, 0.2) is 0 Å². The number of benzene rings is 2. The highest BCUT2D eigenvalue weighted by Gasteiger charge is 2.33. The highest BCUT2D eigenvalue weighted by molar-refractivity contribution is 7.89. The number of rotatable bonds is 8. The molecule has 2 atom stereocenters. The van der Waals surface area contributed by atoms with E-state index in [1.54, 1.807) is 20.2 Å². The predicted molar refractivity (Wildman–Crippen MR) is 113 cm³/mol. The molecule has 0 spiro atoms. The van der Waals surface area contributed by atoms with Gasteiger partial charge in [-0.2, -0.15) is 0 Å². The first-order valence-electron chi connectivity index (χ1n) is 8.66. The number of nitrogens with zero attached hydrogens (tertiary/aromatic N) is 1. The molecular formula is C17H21ClN4O6S2. The van der Waals surface area contributed by atoms with Crippen LogP contribution < -0.4 is 24.5 Å². The molecule has 0 amide bonds. The van der Waals surface area contributed by atoms with Gasteiger partial charge >= 0.3 is 0 Å². The minimum Gasteiger partial charge on any atom is -0.497 e. The third kappa shape index (κ3) is 5.21. The number of nitrogens with one attached hydrogen (secondary N) is 3. The second-order valence-electron chi connectivity index (χ2n) is 6.38. The maximum Gasteiger partial charge on any atom is 0.259 e. The number of sulfonamides is 1. The maximum absolute atomic E-state index is 12.4.